The Hall–Kier alpha value is -4.14. The molecule has 8 rings (SSSR count). The summed E-state index contributed by atoms with van der Waals surface area (Å²) >= 11 is 3.71. The van der Waals surface area contributed by atoms with E-state index in [1.807, 2.05) is 24.7 Å². The van der Waals surface area contributed by atoms with Crippen molar-refractivity contribution in [2.24, 2.45) is 0 Å². The predicted octanol–water partition coefficient (Wildman–Crippen LogP) is 6.11. The Balaban J connectivity index is 1.49. The summed E-state index contributed by atoms with van der Waals surface area (Å²) < 4.78 is 2.31. The number of imidazole rings is 1. The van der Waals surface area contributed by atoms with Gasteiger partial charge in [-0.2, -0.15) is 0 Å². The molecule has 1 unspecified atom stereocenters. The van der Waals surface area contributed by atoms with Gasteiger partial charge in [-0.25, -0.2) is 0 Å². The summed E-state index contributed by atoms with van der Waals surface area (Å²) in [6.07, 6.45) is 5.63. The Morgan fingerprint density at radius 1 is 0.564 bits per heavy atom. The van der Waals surface area contributed by atoms with Gasteiger partial charge in [0.05, 0.1) is 0 Å². The summed E-state index contributed by atoms with van der Waals surface area (Å²) in [5, 5.41) is 8.44. The third-order valence-electron chi connectivity index (χ3n) is 7.58. The Bertz CT molecular complexity index is 2270. The standard InChI is InChI=1S/C33H21N4PSe/c39-38(23-15-18-34-19-16-23,25-12-11-22-6-5-17-35-30(22)21-25)24-13-14-26-27-7-1-3-9-31(27)37-32-10-4-2-8-29(32)36-33(37)28(26)20-24/h1-21H. The molecular formula is C33H21N4PSe. The topological polar surface area (TPSA) is 43.1 Å². The first-order chi connectivity index (χ1) is 19.2. The molecule has 0 fully saturated rings. The van der Waals surface area contributed by atoms with Gasteiger partial charge in [-0.05, 0) is 0 Å². The van der Waals surface area contributed by atoms with Crippen LogP contribution in [0.5, 0.6) is 0 Å². The molecule has 0 saturated heterocycles. The second-order valence-electron chi connectivity index (χ2n) is 9.70. The van der Waals surface area contributed by atoms with E-state index >= 15 is 0 Å². The van der Waals surface area contributed by atoms with Crippen molar-refractivity contribution in [3.8, 4) is 0 Å². The monoisotopic (exact) mass is 584 g/mol. The van der Waals surface area contributed by atoms with Crippen molar-refractivity contribution >= 4 is 85.8 Å². The van der Waals surface area contributed by atoms with Crippen LogP contribution < -0.4 is 15.9 Å². The quantitative estimate of drug-likeness (QED) is 0.143. The number of hydrogen-bond acceptors (Lipinski definition) is 3. The van der Waals surface area contributed by atoms with Gasteiger partial charge < -0.3 is 0 Å². The third kappa shape index (κ3) is 3.38. The molecule has 0 aliphatic carbocycles. The molecule has 184 valence electrons. The fourth-order valence-corrected chi connectivity index (χ4v) is 10.6. The first kappa shape index (κ1) is 22.8. The molecule has 4 heterocycles. The molecular weight excluding hydrogens is 562 g/mol. The van der Waals surface area contributed by atoms with E-state index in [4.69, 9.17) is 4.98 Å². The van der Waals surface area contributed by atoms with Crippen LogP contribution in [0.3, 0.4) is 0 Å². The molecule has 0 aliphatic rings. The Morgan fingerprint density at radius 3 is 2.23 bits per heavy atom. The first-order valence-corrected chi connectivity index (χ1v) is 16.8. The summed E-state index contributed by atoms with van der Waals surface area (Å²) in [4.78, 5) is 14.1. The molecule has 0 saturated carbocycles. The van der Waals surface area contributed by atoms with Crippen molar-refractivity contribution in [2.45, 2.75) is 0 Å². The third-order valence-corrected chi connectivity index (χ3v) is 14.6. The van der Waals surface area contributed by atoms with Crippen LogP contribution in [0.2, 0.25) is 0 Å². The SMILES string of the molecule is [Se]=P(c1ccncc1)(c1ccc2cccnc2c1)c1ccc2c3ccccc3n3c4ccccc4nc3c2c1. The molecule has 1 atom stereocenters. The van der Waals surface area contributed by atoms with Crippen molar-refractivity contribution in [3.63, 3.8) is 0 Å². The van der Waals surface area contributed by atoms with E-state index in [1.54, 1.807) is 0 Å². The molecule has 0 spiro atoms. The van der Waals surface area contributed by atoms with Crippen LogP contribution in [0.1, 0.15) is 0 Å². The molecule has 0 radical (unpaired) electrons. The van der Waals surface area contributed by atoms with Gasteiger partial charge in [-0.15, -0.1) is 0 Å². The average molecular weight is 583 g/mol. The molecule has 0 bridgehead atoms. The number of benzene rings is 4. The van der Waals surface area contributed by atoms with Gasteiger partial charge in [0, 0.05) is 0 Å². The van der Waals surface area contributed by atoms with Gasteiger partial charge in [0.15, 0.2) is 0 Å². The van der Waals surface area contributed by atoms with Gasteiger partial charge in [0.2, 0.25) is 0 Å². The summed E-state index contributed by atoms with van der Waals surface area (Å²) in [5.74, 6) is 0. The number of hydrogen-bond donors (Lipinski definition) is 0. The number of fused-ring (bicyclic) bond motifs is 9. The van der Waals surface area contributed by atoms with Crippen molar-refractivity contribution in [3.05, 3.63) is 128 Å². The summed E-state index contributed by atoms with van der Waals surface area (Å²) in [6, 6.07) is 39.0. The van der Waals surface area contributed by atoms with Crippen LogP contribution in [0.15, 0.2) is 128 Å². The Labute approximate surface area is 232 Å². The predicted molar refractivity (Wildman–Crippen MR) is 165 cm³/mol. The van der Waals surface area contributed by atoms with Crippen LogP contribution in [0.4, 0.5) is 0 Å². The Kier molecular flexibility index (Phi) is 5.08. The van der Waals surface area contributed by atoms with Crippen LogP contribution in [0.25, 0.3) is 49.3 Å². The molecule has 39 heavy (non-hydrogen) atoms. The fourth-order valence-electron chi connectivity index (χ4n) is 5.75. The number of pyridine rings is 3. The number of rotatable bonds is 3. The minimum atomic E-state index is -2.15. The van der Waals surface area contributed by atoms with Gasteiger partial charge in [0.1, 0.15) is 0 Å². The molecule has 0 aliphatic heterocycles. The molecule has 6 heteroatoms. The van der Waals surface area contributed by atoms with Crippen LogP contribution >= 0.6 is 5.51 Å². The summed E-state index contributed by atoms with van der Waals surface area (Å²) in [6.45, 7) is 0. The van der Waals surface area contributed by atoms with E-state index < -0.39 is 5.51 Å². The molecule has 4 aromatic heterocycles. The Morgan fingerprint density at radius 2 is 1.33 bits per heavy atom. The summed E-state index contributed by atoms with van der Waals surface area (Å²) in [5.41, 5.74) is 3.11. The zero-order valence-corrected chi connectivity index (χ0v) is 23.4. The second kappa shape index (κ2) is 8.69. The normalized spacial score (nSPS) is 13.4. The molecule has 4 aromatic carbocycles. The number of aromatic nitrogens is 4. The molecule has 8 aromatic rings. The van der Waals surface area contributed by atoms with E-state index in [0.717, 1.165) is 33.0 Å². The van der Waals surface area contributed by atoms with Crippen LogP contribution in [-0.2, 0) is 0 Å². The molecule has 4 nitrogen and oxygen atoms in total. The summed E-state index contributed by atoms with van der Waals surface area (Å²) in [7, 11) is 0. The first-order valence-electron chi connectivity index (χ1n) is 12.8. The number of para-hydroxylation sites is 3. The van der Waals surface area contributed by atoms with Gasteiger partial charge in [-0.1, -0.05) is 0 Å². The molecule has 0 amide bonds. The van der Waals surface area contributed by atoms with E-state index in [1.165, 1.54) is 32.2 Å². The van der Waals surface area contributed by atoms with E-state index in [9.17, 15) is 0 Å². The zero-order chi connectivity index (χ0) is 26.0. The maximum atomic E-state index is 5.15. The van der Waals surface area contributed by atoms with E-state index in [-0.39, 0.29) is 0 Å². The zero-order valence-electron chi connectivity index (χ0n) is 20.8. The van der Waals surface area contributed by atoms with Crippen LogP contribution in [-0.4, -0.2) is 34.5 Å². The van der Waals surface area contributed by atoms with Crippen molar-refractivity contribution in [1.29, 1.82) is 0 Å². The van der Waals surface area contributed by atoms with Crippen molar-refractivity contribution in [2.75, 3.05) is 0 Å². The maximum absolute atomic E-state index is 5.15. The van der Waals surface area contributed by atoms with Crippen molar-refractivity contribution in [1.82, 2.24) is 19.4 Å². The fraction of sp³-hybridized carbons (Fsp3) is 0. The van der Waals surface area contributed by atoms with Gasteiger partial charge in [0.25, 0.3) is 0 Å². The number of nitrogens with zero attached hydrogens (tertiary/aromatic N) is 4. The minimum absolute atomic E-state index is 0.980. The van der Waals surface area contributed by atoms with Gasteiger partial charge >= 0.3 is 233 Å². The van der Waals surface area contributed by atoms with Gasteiger partial charge in [-0.3, -0.25) is 0 Å². The van der Waals surface area contributed by atoms with Crippen molar-refractivity contribution < 1.29 is 0 Å². The second-order valence-corrected chi connectivity index (χ2v) is 15.9. The van der Waals surface area contributed by atoms with E-state index in [0.29, 0.717) is 0 Å². The molecule has 0 N–H and O–H groups in total. The van der Waals surface area contributed by atoms with Crippen LogP contribution in [0, 0.1) is 0 Å². The average Bonchev–Trinajstić information content (AvgIpc) is 3.41. The van der Waals surface area contributed by atoms with E-state index in [2.05, 4.69) is 133 Å².